The predicted molar refractivity (Wildman–Crippen MR) is 110 cm³/mol. The van der Waals surface area contributed by atoms with Crippen LogP contribution >= 0.6 is 11.8 Å². The minimum absolute atomic E-state index is 0.255. The first-order valence-electron chi connectivity index (χ1n) is 9.50. The maximum Gasteiger partial charge on any atom is 0.161 e. The van der Waals surface area contributed by atoms with E-state index in [9.17, 15) is 5.11 Å². The number of aliphatic hydroxyl groups is 1. The maximum atomic E-state index is 10.3. The molecular formula is C20H29N3O4S. The molecule has 1 aromatic heterocycles. The molecule has 1 aliphatic heterocycles. The molecule has 0 unspecified atom stereocenters. The fourth-order valence-electron chi connectivity index (χ4n) is 3.21. The lowest BCUT2D eigenvalue weighted by Crippen LogP contribution is -2.40. The Hall–Kier alpha value is -1.74. The van der Waals surface area contributed by atoms with E-state index in [2.05, 4.69) is 15.0 Å². The number of methoxy groups -OCH3 is 1. The van der Waals surface area contributed by atoms with Gasteiger partial charge in [0.05, 0.1) is 19.9 Å². The smallest absolute Gasteiger partial charge is 0.161 e. The minimum atomic E-state index is -0.513. The zero-order chi connectivity index (χ0) is 19.8. The van der Waals surface area contributed by atoms with E-state index < -0.39 is 6.10 Å². The second-order valence-electron chi connectivity index (χ2n) is 7.01. The summed E-state index contributed by atoms with van der Waals surface area (Å²) in [5, 5.41) is 14.0. The Kier molecular flexibility index (Phi) is 8.02. The second kappa shape index (κ2) is 10.7. The van der Waals surface area contributed by atoms with Crippen LogP contribution in [-0.4, -0.2) is 78.1 Å². The Morgan fingerprint density at radius 3 is 2.79 bits per heavy atom. The van der Waals surface area contributed by atoms with Crippen molar-refractivity contribution in [2.24, 2.45) is 0 Å². The second-order valence-corrected chi connectivity index (χ2v) is 8.24. The van der Waals surface area contributed by atoms with Gasteiger partial charge in [0, 0.05) is 43.8 Å². The Bertz CT molecular complexity index is 707. The van der Waals surface area contributed by atoms with Gasteiger partial charge in [0.15, 0.2) is 17.3 Å². The SMILES string of the molecule is COc1cc(CN(C)Cc2ccno2)ccc1OC[C@H](O)CN1CCSCC1. The third-order valence-electron chi connectivity index (χ3n) is 4.60. The van der Waals surface area contributed by atoms with Crippen LogP contribution in [0.25, 0.3) is 0 Å². The highest BCUT2D eigenvalue weighted by molar-refractivity contribution is 7.99. The average molecular weight is 408 g/mol. The van der Waals surface area contributed by atoms with Gasteiger partial charge in [-0.15, -0.1) is 0 Å². The van der Waals surface area contributed by atoms with Crippen molar-refractivity contribution in [3.63, 3.8) is 0 Å². The molecule has 2 heterocycles. The minimum Gasteiger partial charge on any atom is -0.493 e. The fraction of sp³-hybridized carbons (Fsp3) is 0.550. The fourth-order valence-corrected chi connectivity index (χ4v) is 4.19. The normalized spacial score (nSPS) is 16.3. The van der Waals surface area contributed by atoms with Crippen molar-refractivity contribution in [3.05, 3.63) is 41.8 Å². The first-order chi connectivity index (χ1) is 13.6. The number of aromatic nitrogens is 1. The number of rotatable bonds is 10. The van der Waals surface area contributed by atoms with E-state index in [-0.39, 0.29) is 6.61 Å². The first kappa shape index (κ1) is 21.0. The van der Waals surface area contributed by atoms with Gasteiger partial charge in [0.25, 0.3) is 0 Å². The van der Waals surface area contributed by atoms with Crippen LogP contribution in [-0.2, 0) is 13.1 Å². The molecule has 0 amide bonds. The van der Waals surface area contributed by atoms with Crippen molar-refractivity contribution in [2.45, 2.75) is 19.2 Å². The third kappa shape index (κ3) is 6.41. The molecule has 154 valence electrons. The Morgan fingerprint density at radius 2 is 2.07 bits per heavy atom. The van der Waals surface area contributed by atoms with Crippen LogP contribution in [0.5, 0.6) is 11.5 Å². The highest BCUT2D eigenvalue weighted by Crippen LogP contribution is 2.29. The van der Waals surface area contributed by atoms with Crippen molar-refractivity contribution in [3.8, 4) is 11.5 Å². The molecule has 1 aromatic carbocycles. The van der Waals surface area contributed by atoms with Crippen molar-refractivity contribution < 1.29 is 19.1 Å². The molecule has 0 radical (unpaired) electrons. The summed E-state index contributed by atoms with van der Waals surface area (Å²) in [6, 6.07) is 7.76. The molecule has 1 saturated heterocycles. The number of thioether (sulfide) groups is 1. The molecule has 1 atom stereocenters. The van der Waals surface area contributed by atoms with E-state index in [1.807, 2.05) is 43.1 Å². The summed E-state index contributed by atoms with van der Waals surface area (Å²) >= 11 is 1.96. The van der Waals surface area contributed by atoms with Gasteiger partial charge in [-0.25, -0.2) is 0 Å². The molecule has 0 aliphatic carbocycles. The Morgan fingerprint density at radius 1 is 1.25 bits per heavy atom. The monoisotopic (exact) mass is 407 g/mol. The lowest BCUT2D eigenvalue weighted by atomic mass is 10.2. The highest BCUT2D eigenvalue weighted by atomic mass is 32.2. The molecule has 3 rings (SSSR count). The van der Waals surface area contributed by atoms with Crippen LogP contribution < -0.4 is 9.47 Å². The molecule has 8 heteroatoms. The number of ether oxygens (including phenoxy) is 2. The van der Waals surface area contributed by atoms with Crippen molar-refractivity contribution >= 4 is 11.8 Å². The summed E-state index contributed by atoms with van der Waals surface area (Å²) in [4.78, 5) is 4.42. The van der Waals surface area contributed by atoms with Crippen molar-refractivity contribution in [1.29, 1.82) is 0 Å². The standard InChI is InChI=1S/C20H29N3O4S/c1-22(14-18-5-6-21-27-18)12-16-3-4-19(20(11-16)25-2)26-15-17(24)13-23-7-9-28-10-8-23/h3-6,11,17,24H,7-10,12-15H2,1-2H3/t17-/m1/s1. The molecule has 28 heavy (non-hydrogen) atoms. The summed E-state index contributed by atoms with van der Waals surface area (Å²) < 4.78 is 16.5. The van der Waals surface area contributed by atoms with E-state index in [4.69, 9.17) is 14.0 Å². The maximum absolute atomic E-state index is 10.3. The van der Waals surface area contributed by atoms with Gasteiger partial charge in [-0.2, -0.15) is 11.8 Å². The number of β-amino-alcohol motifs (C(OH)–C–C–N with tert-alkyl or cyclic N) is 1. The molecule has 1 aliphatic rings. The van der Waals surface area contributed by atoms with E-state index >= 15 is 0 Å². The van der Waals surface area contributed by atoms with Crippen LogP contribution in [0.4, 0.5) is 0 Å². The van der Waals surface area contributed by atoms with E-state index in [1.165, 1.54) is 0 Å². The third-order valence-corrected chi connectivity index (χ3v) is 5.54. The lowest BCUT2D eigenvalue weighted by molar-refractivity contribution is 0.0704. The van der Waals surface area contributed by atoms with Crippen LogP contribution in [0, 0.1) is 0 Å². The molecule has 1 fully saturated rings. The van der Waals surface area contributed by atoms with Crippen LogP contribution in [0.2, 0.25) is 0 Å². The van der Waals surface area contributed by atoms with E-state index in [0.717, 1.165) is 42.5 Å². The van der Waals surface area contributed by atoms with Crippen LogP contribution in [0.3, 0.4) is 0 Å². The zero-order valence-corrected chi connectivity index (χ0v) is 17.4. The van der Waals surface area contributed by atoms with Gasteiger partial charge < -0.3 is 19.1 Å². The number of benzene rings is 1. The van der Waals surface area contributed by atoms with Gasteiger partial charge in [0.2, 0.25) is 0 Å². The topological polar surface area (TPSA) is 71.2 Å². The summed E-state index contributed by atoms with van der Waals surface area (Å²) in [7, 11) is 3.65. The van der Waals surface area contributed by atoms with Gasteiger partial charge in [-0.1, -0.05) is 11.2 Å². The van der Waals surface area contributed by atoms with Crippen molar-refractivity contribution in [2.75, 3.05) is 51.9 Å². The van der Waals surface area contributed by atoms with Crippen LogP contribution in [0.1, 0.15) is 11.3 Å². The quantitative estimate of drug-likeness (QED) is 0.642. The molecule has 0 saturated carbocycles. The van der Waals surface area contributed by atoms with E-state index in [0.29, 0.717) is 24.6 Å². The first-order valence-corrected chi connectivity index (χ1v) is 10.7. The Balaban J connectivity index is 1.50. The van der Waals surface area contributed by atoms with Gasteiger partial charge >= 0.3 is 0 Å². The number of nitrogens with zero attached hydrogens (tertiary/aromatic N) is 3. The number of hydrogen-bond donors (Lipinski definition) is 1. The molecular weight excluding hydrogens is 378 g/mol. The number of hydrogen-bond acceptors (Lipinski definition) is 8. The summed E-state index contributed by atoms with van der Waals surface area (Å²) in [6.45, 7) is 4.38. The highest BCUT2D eigenvalue weighted by Gasteiger charge is 2.16. The molecule has 1 N–H and O–H groups in total. The summed E-state index contributed by atoms with van der Waals surface area (Å²) in [5.74, 6) is 4.42. The summed E-state index contributed by atoms with van der Waals surface area (Å²) in [5.41, 5.74) is 1.11. The zero-order valence-electron chi connectivity index (χ0n) is 16.5. The molecule has 7 nitrogen and oxygen atoms in total. The largest absolute Gasteiger partial charge is 0.493 e. The van der Waals surface area contributed by atoms with Gasteiger partial charge in [-0.05, 0) is 24.7 Å². The van der Waals surface area contributed by atoms with Gasteiger partial charge in [-0.3, -0.25) is 9.80 Å². The predicted octanol–water partition coefficient (Wildman–Crippen LogP) is 2.10. The van der Waals surface area contributed by atoms with Crippen LogP contribution in [0.15, 0.2) is 35.0 Å². The molecule has 2 aromatic rings. The Labute approximate surface area is 170 Å². The lowest BCUT2D eigenvalue weighted by Gasteiger charge is -2.28. The van der Waals surface area contributed by atoms with Crippen molar-refractivity contribution in [1.82, 2.24) is 15.0 Å². The average Bonchev–Trinajstić information content (AvgIpc) is 3.20. The number of aliphatic hydroxyl groups excluding tert-OH is 1. The summed E-state index contributed by atoms with van der Waals surface area (Å²) in [6.07, 6.45) is 1.14. The molecule has 0 spiro atoms. The van der Waals surface area contributed by atoms with E-state index in [1.54, 1.807) is 13.3 Å². The molecule has 0 bridgehead atoms. The van der Waals surface area contributed by atoms with Gasteiger partial charge in [0.1, 0.15) is 12.7 Å².